The molecule has 0 unspecified atom stereocenters. The fraction of sp³-hybridized carbons (Fsp3) is 0.500. The standard InChI is InChI=1S/C14H15F6NO4/c1-12(13(15,16)17,14(18,19)20)11(22)21-7-5-8(23-2)10(25-4)9(6-7)24-3/h5-6H,1-4H3,(H,21,22). The number of halogens is 6. The largest absolute Gasteiger partial charge is 0.493 e. The zero-order valence-electron chi connectivity index (χ0n) is 13.6. The van der Waals surface area contributed by atoms with Gasteiger partial charge in [-0.1, -0.05) is 0 Å². The third-order valence-electron chi connectivity index (χ3n) is 3.51. The quantitative estimate of drug-likeness (QED) is 0.796. The minimum Gasteiger partial charge on any atom is -0.493 e. The Morgan fingerprint density at radius 1 is 0.880 bits per heavy atom. The topological polar surface area (TPSA) is 56.8 Å². The summed E-state index contributed by atoms with van der Waals surface area (Å²) in [5.74, 6) is -2.35. The fourth-order valence-corrected chi connectivity index (χ4v) is 1.83. The number of carbonyl (C=O) groups excluding carboxylic acids is 1. The van der Waals surface area contributed by atoms with E-state index in [9.17, 15) is 31.1 Å². The van der Waals surface area contributed by atoms with Crippen LogP contribution in [0.25, 0.3) is 0 Å². The van der Waals surface area contributed by atoms with Gasteiger partial charge in [0.15, 0.2) is 11.5 Å². The second-order valence-corrected chi connectivity index (χ2v) is 4.99. The van der Waals surface area contributed by atoms with E-state index in [-0.39, 0.29) is 29.9 Å². The second kappa shape index (κ2) is 6.89. The van der Waals surface area contributed by atoms with E-state index < -0.39 is 23.7 Å². The van der Waals surface area contributed by atoms with E-state index in [1.165, 1.54) is 21.3 Å². The molecule has 0 heterocycles. The van der Waals surface area contributed by atoms with Crippen LogP contribution in [0.4, 0.5) is 32.0 Å². The predicted molar refractivity (Wildman–Crippen MR) is 74.9 cm³/mol. The van der Waals surface area contributed by atoms with E-state index in [4.69, 9.17) is 14.2 Å². The number of ether oxygens (including phenoxy) is 3. The molecule has 1 amide bonds. The summed E-state index contributed by atoms with van der Waals surface area (Å²) >= 11 is 0. The normalized spacial score (nSPS) is 12.6. The molecule has 11 heteroatoms. The van der Waals surface area contributed by atoms with Gasteiger partial charge in [-0.25, -0.2) is 0 Å². The highest BCUT2D eigenvalue weighted by atomic mass is 19.4. The van der Waals surface area contributed by atoms with Gasteiger partial charge in [0.05, 0.1) is 21.3 Å². The van der Waals surface area contributed by atoms with Gasteiger partial charge in [0, 0.05) is 17.8 Å². The van der Waals surface area contributed by atoms with Crippen LogP contribution >= 0.6 is 0 Å². The molecule has 0 radical (unpaired) electrons. The van der Waals surface area contributed by atoms with Crippen molar-refractivity contribution in [1.29, 1.82) is 0 Å². The van der Waals surface area contributed by atoms with E-state index in [1.54, 1.807) is 5.32 Å². The van der Waals surface area contributed by atoms with Crippen molar-refractivity contribution in [3.63, 3.8) is 0 Å². The molecule has 0 fully saturated rings. The van der Waals surface area contributed by atoms with E-state index in [0.717, 1.165) is 12.1 Å². The third-order valence-corrected chi connectivity index (χ3v) is 3.51. The first kappa shape index (κ1) is 20.7. The Labute approximate surface area is 138 Å². The summed E-state index contributed by atoms with van der Waals surface area (Å²) in [7, 11) is 3.64. The highest BCUT2D eigenvalue weighted by Crippen LogP contribution is 2.51. The van der Waals surface area contributed by atoms with E-state index in [0.29, 0.717) is 0 Å². The SMILES string of the molecule is COc1cc(NC(=O)C(C)(C(F)(F)F)C(F)(F)F)cc(OC)c1OC. The van der Waals surface area contributed by atoms with E-state index >= 15 is 0 Å². The Morgan fingerprint density at radius 3 is 1.56 bits per heavy atom. The van der Waals surface area contributed by atoms with E-state index in [1.807, 2.05) is 0 Å². The van der Waals surface area contributed by atoms with Gasteiger partial charge in [-0.15, -0.1) is 0 Å². The van der Waals surface area contributed by atoms with Crippen LogP contribution in [-0.2, 0) is 4.79 Å². The summed E-state index contributed by atoms with van der Waals surface area (Å²) in [6, 6.07) is 2.01. The Bertz CT molecular complexity index is 602. The van der Waals surface area contributed by atoms with Crippen molar-refractivity contribution in [2.45, 2.75) is 19.3 Å². The lowest BCUT2D eigenvalue weighted by atomic mass is 9.87. The first-order valence-electron chi connectivity index (χ1n) is 6.58. The highest BCUT2D eigenvalue weighted by Gasteiger charge is 2.72. The fourth-order valence-electron chi connectivity index (χ4n) is 1.83. The van der Waals surface area contributed by atoms with Crippen LogP contribution in [0.3, 0.4) is 0 Å². The molecule has 0 saturated heterocycles. The maximum atomic E-state index is 12.9. The van der Waals surface area contributed by atoms with Gasteiger partial charge in [0.25, 0.3) is 0 Å². The maximum absolute atomic E-state index is 12.9. The minimum atomic E-state index is -5.85. The number of nitrogens with one attached hydrogen (secondary N) is 1. The minimum absolute atomic E-state index is 0.0532. The molecule has 0 bridgehead atoms. The van der Waals surface area contributed by atoms with Crippen LogP contribution in [0.1, 0.15) is 6.92 Å². The molecule has 0 aliphatic rings. The molecule has 0 saturated carbocycles. The number of methoxy groups -OCH3 is 3. The third kappa shape index (κ3) is 3.69. The second-order valence-electron chi connectivity index (χ2n) is 4.99. The van der Waals surface area contributed by atoms with E-state index in [2.05, 4.69) is 0 Å². The summed E-state index contributed by atoms with van der Waals surface area (Å²) in [4.78, 5) is 11.8. The molecule has 0 atom stereocenters. The number of hydrogen-bond donors (Lipinski definition) is 1. The molecule has 142 valence electrons. The zero-order chi connectivity index (χ0) is 19.6. The van der Waals surface area contributed by atoms with Crippen molar-refractivity contribution in [2.24, 2.45) is 5.41 Å². The molecule has 0 aliphatic carbocycles. The van der Waals surface area contributed by atoms with Gasteiger partial charge in [-0.05, 0) is 6.92 Å². The molecular weight excluding hydrogens is 360 g/mol. The molecule has 5 nitrogen and oxygen atoms in total. The van der Waals surface area contributed by atoms with Crippen molar-refractivity contribution in [3.05, 3.63) is 12.1 Å². The molecule has 0 spiro atoms. The summed E-state index contributed by atoms with van der Waals surface area (Å²) < 4.78 is 92.3. The van der Waals surface area contributed by atoms with Crippen molar-refractivity contribution >= 4 is 11.6 Å². The number of amides is 1. The summed E-state index contributed by atoms with van der Waals surface area (Å²) in [6.45, 7) is -0.236. The number of benzene rings is 1. The highest BCUT2D eigenvalue weighted by molar-refractivity contribution is 5.97. The van der Waals surface area contributed by atoms with Gasteiger partial charge in [0.1, 0.15) is 0 Å². The number of rotatable bonds is 5. The van der Waals surface area contributed by atoms with Crippen molar-refractivity contribution < 1.29 is 45.3 Å². The van der Waals surface area contributed by atoms with Crippen LogP contribution in [0.5, 0.6) is 17.2 Å². The lowest BCUT2D eigenvalue weighted by Crippen LogP contribution is -2.55. The number of anilines is 1. The number of alkyl halides is 6. The van der Waals surface area contributed by atoms with Gasteiger partial charge >= 0.3 is 12.4 Å². The van der Waals surface area contributed by atoms with Crippen LogP contribution in [0.15, 0.2) is 12.1 Å². The summed E-state index contributed by atoms with van der Waals surface area (Å²) in [5, 5.41) is 1.60. The van der Waals surface area contributed by atoms with Gasteiger partial charge in [-0.2, -0.15) is 26.3 Å². The van der Waals surface area contributed by atoms with Crippen LogP contribution in [0, 0.1) is 5.41 Å². The van der Waals surface area contributed by atoms with Crippen molar-refractivity contribution in [1.82, 2.24) is 0 Å². The van der Waals surface area contributed by atoms with Crippen LogP contribution < -0.4 is 19.5 Å². The van der Waals surface area contributed by atoms with Gasteiger partial charge < -0.3 is 19.5 Å². The summed E-state index contributed by atoms with van der Waals surface area (Å²) in [6.07, 6.45) is -11.7. The molecule has 1 rings (SSSR count). The number of carbonyl (C=O) groups is 1. The Hall–Kier alpha value is -2.33. The molecule has 25 heavy (non-hydrogen) atoms. The van der Waals surface area contributed by atoms with Gasteiger partial charge in [-0.3, -0.25) is 4.79 Å². The number of hydrogen-bond acceptors (Lipinski definition) is 4. The Balaban J connectivity index is 3.35. The lowest BCUT2D eigenvalue weighted by molar-refractivity contribution is -0.317. The first-order chi connectivity index (χ1) is 11.3. The molecule has 0 aromatic heterocycles. The van der Waals surface area contributed by atoms with Gasteiger partial charge in [0.2, 0.25) is 17.1 Å². The zero-order valence-corrected chi connectivity index (χ0v) is 13.6. The Morgan fingerprint density at radius 2 is 1.28 bits per heavy atom. The van der Waals surface area contributed by atoms with Crippen molar-refractivity contribution in [3.8, 4) is 17.2 Å². The monoisotopic (exact) mass is 375 g/mol. The lowest BCUT2D eigenvalue weighted by Gasteiger charge is -2.32. The van der Waals surface area contributed by atoms with Crippen molar-refractivity contribution in [2.75, 3.05) is 26.6 Å². The average Bonchev–Trinajstić information content (AvgIpc) is 2.50. The first-order valence-corrected chi connectivity index (χ1v) is 6.58. The predicted octanol–water partition coefficient (Wildman–Crippen LogP) is 3.78. The summed E-state index contributed by atoms with van der Waals surface area (Å²) in [5.41, 5.74) is -4.99. The molecule has 1 aromatic carbocycles. The average molecular weight is 375 g/mol. The molecular formula is C14H15F6NO4. The molecule has 1 N–H and O–H groups in total. The smallest absolute Gasteiger partial charge is 0.411 e. The Kier molecular flexibility index (Phi) is 5.70. The van der Waals surface area contributed by atoms with Crippen LogP contribution in [-0.4, -0.2) is 39.6 Å². The molecule has 0 aliphatic heterocycles. The molecule has 1 aromatic rings. The maximum Gasteiger partial charge on any atom is 0.411 e. The van der Waals surface area contributed by atoms with Crippen LogP contribution in [0.2, 0.25) is 0 Å².